The summed E-state index contributed by atoms with van der Waals surface area (Å²) in [6.45, 7) is 8.79. The summed E-state index contributed by atoms with van der Waals surface area (Å²) in [5.41, 5.74) is -2.29. The van der Waals surface area contributed by atoms with E-state index in [-0.39, 0.29) is 35.7 Å². The van der Waals surface area contributed by atoms with Crippen LogP contribution in [0.1, 0.15) is 46.6 Å². The highest BCUT2D eigenvalue weighted by atomic mass is 16.6. The number of fused-ring (bicyclic) bond motifs is 3. The number of carbonyl (C=O) groups is 3. The number of rotatable bonds is 3. The Morgan fingerprint density at radius 1 is 1.16 bits per heavy atom. The van der Waals surface area contributed by atoms with Crippen LogP contribution in [0.4, 0.5) is 0 Å². The zero-order valence-electron chi connectivity index (χ0n) is 22.5. The number of ether oxygens (including phenoxy) is 3. The molecule has 0 aromatic heterocycles. The number of esters is 1. The topological polar surface area (TPSA) is 118 Å². The summed E-state index contributed by atoms with van der Waals surface area (Å²) in [6.07, 6.45) is 2.06. The molecule has 1 aromatic carbocycles. The predicted octanol–water partition coefficient (Wildman–Crippen LogP) is 2.37. The normalized spacial score (nSPS) is 49.8. The van der Waals surface area contributed by atoms with E-state index >= 15 is 0 Å². The van der Waals surface area contributed by atoms with Crippen LogP contribution in [0.25, 0.3) is 0 Å². The number of carbonyl (C=O) groups excluding carboxylic acids is 3. The van der Waals surface area contributed by atoms with Crippen LogP contribution in [-0.2, 0) is 35.0 Å². The average Bonchev–Trinajstić information content (AvgIpc) is 3.77. The van der Waals surface area contributed by atoms with E-state index in [4.69, 9.17) is 14.2 Å². The third-order valence-corrected chi connectivity index (χ3v) is 10.1. The minimum absolute atomic E-state index is 0.0359. The van der Waals surface area contributed by atoms with Gasteiger partial charge in [0.05, 0.1) is 11.7 Å². The van der Waals surface area contributed by atoms with E-state index in [9.17, 15) is 19.5 Å². The van der Waals surface area contributed by atoms with E-state index in [1.165, 1.54) is 13.8 Å². The molecule has 8 heteroatoms. The third-order valence-electron chi connectivity index (χ3n) is 10.1. The van der Waals surface area contributed by atoms with Gasteiger partial charge in [-0.2, -0.15) is 0 Å². The van der Waals surface area contributed by atoms with E-state index in [0.29, 0.717) is 12.8 Å². The van der Waals surface area contributed by atoms with Gasteiger partial charge in [0.1, 0.15) is 29.3 Å². The van der Waals surface area contributed by atoms with Crippen LogP contribution in [0, 0.1) is 29.1 Å². The Hall–Kier alpha value is -2.55. The number of hydrogen-bond acceptors (Lipinski definition) is 7. The summed E-state index contributed by atoms with van der Waals surface area (Å²) >= 11 is 0. The number of hydrogen-bond donors (Lipinski definition) is 2. The first-order chi connectivity index (χ1) is 17.9. The predicted molar refractivity (Wildman–Crippen MR) is 137 cm³/mol. The Kier molecular flexibility index (Phi) is 5.73. The molecule has 0 bridgehead atoms. The van der Waals surface area contributed by atoms with Crippen LogP contribution in [-0.4, -0.2) is 64.4 Å². The number of amides is 1. The molecule has 2 unspecified atom stereocenters. The molecule has 1 aromatic rings. The Balaban J connectivity index is 1.52. The molecule has 1 amide bonds. The molecular weight excluding hydrogens is 486 g/mol. The van der Waals surface area contributed by atoms with Crippen molar-refractivity contribution in [2.45, 2.75) is 89.1 Å². The first kappa shape index (κ1) is 25.7. The third kappa shape index (κ3) is 3.49. The van der Waals surface area contributed by atoms with Crippen LogP contribution >= 0.6 is 0 Å². The summed E-state index contributed by atoms with van der Waals surface area (Å²) < 4.78 is 18.4. The minimum atomic E-state index is -1.77. The van der Waals surface area contributed by atoms with Crippen molar-refractivity contribution in [2.75, 3.05) is 0 Å². The van der Waals surface area contributed by atoms with Gasteiger partial charge in [-0.15, -0.1) is 0 Å². The fourth-order valence-electron chi connectivity index (χ4n) is 8.06. The number of benzene rings is 1. The van der Waals surface area contributed by atoms with Gasteiger partial charge in [-0.1, -0.05) is 56.3 Å². The summed E-state index contributed by atoms with van der Waals surface area (Å²) in [7, 11) is 0. The van der Waals surface area contributed by atoms with E-state index < -0.39 is 52.7 Å². The molecule has 0 radical (unpaired) electrons. The van der Waals surface area contributed by atoms with Gasteiger partial charge in [0.15, 0.2) is 5.78 Å². The van der Waals surface area contributed by atoms with Crippen LogP contribution in [0.15, 0.2) is 42.5 Å². The molecule has 6 rings (SSSR count). The van der Waals surface area contributed by atoms with Gasteiger partial charge in [-0.05, 0) is 38.2 Å². The Bertz CT molecular complexity index is 1200. The first-order valence-corrected chi connectivity index (χ1v) is 13.7. The van der Waals surface area contributed by atoms with Gasteiger partial charge in [0.2, 0.25) is 5.91 Å². The number of nitrogens with one attached hydrogen (secondary N) is 1. The number of ketones is 1. The molecule has 1 spiro atoms. The van der Waals surface area contributed by atoms with Gasteiger partial charge < -0.3 is 24.6 Å². The maximum Gasteiger partial charge on any atom is 0.303 e. The number of epoxide rings is 2. The second-order valence-corrected chi connectivity index (χ2v) is 12.4. The molecule has 1 saturated carbocycles. The molecule has 3 aliphatic heterocycles. The van der Waals surface area contributed by atoms with Gasteiger partial charge >= 0.3 is 5.97 Å². The highest BCUT2D eigenvalue weighted by molar-refractivity contribution is 5.91. The quantitative estimate of drug-likeness (QED) is 0.355. The molecule has 4 fully saturated rings. The molecule has 3 saturated heterocycles. The largest absolute Gasteiger partial charge is 0.458 e. The Labute approximate surface area is 223 Å². The second kappa shape index (κ2) is 8.47. The smallest absolute Gasteiger partial charge is 0.303 e. The standard InChI is InChI=1S/C30H37NO7/c1-15-10-9-13-19-24-29(5,38-24)16(2)21-20(14-18-11-7-6-8-12-18)31-27(34)30(19,21)26(36-17(3)32)22-25(37-22)28(4,35)23(15)33/h6-9,11-13,15-16,19-22,24-26,35H,10,14H2,1-5H3,(H,31,34)/b13-9+/t15?,16?,19-,20-,21-,22+,24-,25+,26+,28-,29+,30-/m0/s1. The molecule has 5 aliphatic rings. The highest BCUT2D eigenvalue weighted by Gasteiger charge is 2.81. The van der Waals surface area contributed by atoms with Crippen molar-refractivity contribution in [3.8, 4) is 0 Å². The fourth-order valence-corrected chi connectivity index (χ4v) is 8.06. The second-order valence-electron chi connectivity index (χ2n) is 12.4. The molecule has 8 nitrogen and oxygen atoms in total. The average molecular weight is 524 g/mol. The van der Waals surface area contributed by atoms with Gasteiger partial charge in [-0.25, -0.2) is 0 Å². The maximum atomic E-state index is 14.4. The lowest BCUT2D eigenvalue weighted by atomic mass is 9.50. The highest BCUT2D eigenvalue weighted by Crippen LogP contribution is 2.68. The number of aliphatic hydroxyl groups is 1. The summed E-state index contributed by atoms with van der Waals surface area (Å²) in [5.74, 6) is -2.18. The van der Waals surface area contributed by atoms with E-state index in [1.54, 1.807) is 6.92 Å². The molecular formula is C30H37NO7. The number of Topliss-reactive ketones (excluding diaryl/α,β-unsaturated/α-hetero) is 1. The Morgan fingerprint density at radius 2 is 1.87 bits per heavy atom. The van der Waals surface area contributed by atoms with Crippen molar-refractivity contribution < 1.29 is 33.7 Å². The molecule has 12 atom stereocenters. The van der Waals surface area contributed by atoms with Crippen molar-refractivity contribution in [2.24, 2.45) is 29.1 Å². The van der Waals surface area contributed by atoms with Crippen molar-refractivity contribution in [3.05, 3.63) is 48.0 Å². The van der Waals surface area contributed by atoms with E-state index in [1.807, 2.05) is 42.5 Å². The van der Waals surface area contributed by atoms with Crippen LogP contribution in [0.3, 0.4) is 0 Å². The van der Waals surface area contributed by atoms with Crippen molar-refractivity contribution >= 4 is 17.7 Å². The summed E-state index contributed by atoms with van der Waals surface area (Å²) in [5, 5.41) is 14.6. The van der Waals surface area contributed by atoms with Crippen LogP contribution in [0.5, 0.6) is 0 Å². The zero-order chi connectivity index (χ0) is 27.2. The molecule has 38 heavy (non-hydrogen) atoms. The van der Waals surface area contributed by atoms with Gasteiger partial charge in [0, 0.05) is 30.7 Å². The minimum Gasteiger partial charge on any atom is -0.458 e. The van der Waals surface area contributed by atoms with Crippen molar-refractivity contribution in [1.29, 1.82) is 0 Å². The lowest BCUT2D eigenvalue weighted by molar-refractivity contribution is -0.171. The molecule has 3 heterocycles. The lowest BCUT2D eigenvalue weighted by Crippen LogP contribution is -2.62. The molecule has 2 N–H and O–H groups in total. The van der Waals surface area contributed by atoms with E-state index in [2.05, 4.69) is 19.2 Å². The van der Waals surface area contributed by atoms with Crippen LogP contribution < -0.4 is 5.32 Å². The molecule has 2 aliphatic carbocycles. The monoisotopic (exact) mass is 523 g/mol. The lowest BCUT2D eigenvalue weighted by Gasteiger charge is -2.49. The molecule has 204 valence electrons. The summed E-state index contributed by atoms with van der Waals surface area (Å²) in [4.78, 5) is 40.2. The van der Waals surface area contributed by atoms with E-state index in [0.717, 1.165) is 5.56 Å². The van der Waals surface area contributed by atoms with Crippen LogP contribution in [0.2, 0.25) is 0 Å². The zero-order valence-corrected chi connectivity index (χ0v) is 22.5. The SMILES string of the molecule is CC(=O)O[C@@H]1[C@@H]2O[C@H]2[C@@](C)(O)C(=O)C(C)C/C=C/[C@H]2[C@@H]3O[C@]3(C)C(C)[C@H]3[C@H](Cc4ccccc4)NC(=O)[C@@]123. The Morgan fingerprint density at radius 3 is 2.55 bits per heavy atom. The van der Waals surface area contributed by atoms with Crippen molar-refractivity contribution in [1.82, 2.24) is 5.32 Å². The van der Waals surface area contributed by atoms with Crippen molar-refractivity contribution in [3.63, 3.8) is 0 Å². The summed E-state index contributed by atoms with van der Waals surface area (Å²) in [6, 6.07) is 9.80. The maximum absolute atomic E-state index is 14.4. The number of allylic oxidation sites excluding steroid dienone is 1. The van der Waals surface area contributed by atoms with Gasteiger partial charge in [-0.3, -0.25) is 14.4 Å². The fraction of sp³-hybridized carbons (Fsp3) is 0.633. The van der Waals surface area contributed by atoms with Gasteiger partial charge in [0.25, 0.3) is 0 Å². The first-order valence-electron chi connectivity index (χ1n) is 13.7.